The first-order valence-corrected chi connectivity index (χ1v) is 10.8. The molecule has 11 heteroatoms. The number of para-hydroxylation sites is 1. The second-order valence-corrected chi connectivity index (χ2v) is 7.87. The summed E-state index contributed by atoms with van der Waals surface area (Å²) in [5.74, 6) is 1.31. The van der Waals surface area contributed by atoms with Gasteiger partial charge in [-0.1, -0.05) is 6.07 Å². The lowest BCUT2D eigenvalue weighted by Gasteiger charge is -2.28. The first-order chi connectivity index (χ1) is 15.7. The average Bonchev–Trinajstić information content (AvgIpc) is 3.25. The predicted octanol–water partition coefficient (Wildman–Crippen LogP) is 2.46. The van der Waals surface area contributed by atoms with Gasteiger partial charge in [-0.25, -0.2) is 13.8 Å². The molecule has 9 nitrogen and oxygen atoms in total. The van der Waals surface area contributed by atoms with Gasteiger partial charge < -0.3 is 19.7 Å². The van der Waals surface area contributed by atoms with Crippen LogP contribution in [0.25, 0.3) is 17.0 Å². The molecule has 0 aliphatic carbocycles. The van der Waals surface area contributed by atoms with Crippen molar-refractivity contribution in [2.45, 2.75) is 25.2 Å². The molecule has 0 saturated carbocycles. The van der Waals surface area contributed by atoms with Gasteiger partial charge in [-0.05, 0) is 31.5 Å². The van der Waals surface area contributed by atoms with Gasteiger partial charge in [0.05, 0.1) is 25.8 Å². The Morgan fingerprint density at radius 1 is 1.12 bits per heavy atom. The van der Waals surface area contributed by atoms with Crippen molar-refractivity contribution >= 4 is 17.0 Å². The number of anilines is 1. The number of fused-ring (bicyclic) bond motifs is 1. The fraction of sp³-hybridized carbons (Fsp3) is 0.524. The molecule has 32 heavy (non-hydrogen) atoms. The van der Waals surface area contributed by atoms with Gasteiger partial charge in [0.15, 0.2) is 5.82 Å². The number of imidazole rings is 1. The molecule has 5 rings (SSSR count). The Balaban J connectivity index is 1.70. The second kappa shape index (κ2) is 8.91. The quantitative estimate of drug-likeness (QED) is 0.641. The zero-order valence-electron chi connectivity index (χ0n) is 17.8. The number of hydrogen-bond acceptors (Lipinski definition) is 8. The Bertz CT molecular complexity index is 1060. The first-order valence-electron chi connectivity index (χ1n) is 10.8. The van der Waals surface area contributed by atoms with Crippen LogP contribution in [-0.4, -0.2) is 71.0 Å². The minimum absolute atomic E-state index is 0.0876. The Morgan fingerprint density at radius 3 is 2.66 bits per heavy atom. The molecule has 170 valence electrons. The summed E-state index contributed by atoms with van der Waals surface area (Å²) in [7, 11) is 1.49. The minimum atomic E-state index is -2.81. The maximum Gasteiger partial charge on any atom is 0.296 e. The van der Waals surface area contributed by atoms with Crippen molar-refractivity contribution in [1.29, 1.82) is 0 Å². The van der Waals surface area contributed by atoms with Crippen molar-refractivity contribution in [2.75, 3.05) is 51.4 Å². The van der Waals surface area contributed by atoms with E-state index in [0.717, 1.165) is 25.9 Å². The third-order valence-corrected chi connectivity index (χ3v) is 5.87. The Morgan fingerprint density at radius 2 is 1.94 bits per heavy atom. The molecule has 1 atom stereocenters. The van der Waals surface area contributed by atoms with Gasteiger partial charge in [-0.15, -0.1) is 0 Å². The lowest BCUT2D eigenvalue weighted by molar-refractivity contribution is 0.122. The van der Waals surface area contributed by atoms with Crippen LogP contribution in [0.4, 0.5) is 14.7 Å². The summed E-state index contributed by atoms with van der Waals surface area (Å²) in [6, 6.07) is 5.15. The normalized spacial score (nSPS) is 19.6. The summed E-state index contributed by atoms with van der Waals surface area (Å²) in [6.45, 7) is 4.08. The highest BCUT2D eigenvalue weighted by Crippen LogP contribution is 2.32. The molecule has 3 aromatic rings. The van der Waals surface area contributed by atoms with Gasteiger partial charge >= 0.3 is 0 Å². The van der Waals surface area contributed by atoms with E-state index in [2.05, 4.69) is 20.3 Å². The highest BCUT2D eigenvalue weighted by atomic mass is 19.3. The van der Waals surface area contributed by atoms with E-state index in [-0.39, 0.29) is 11.9 Å². The van der Waals surface area contributed by atoms with Crippen LogP contribution >= 0.6 is 0 Å². The van der Waals surface area contributed by atoms with Crippen molar-refractivity contribution in [1.82, 2.24) is 29.8 Å². The lowest BCUT2D eigenvalue weighted by Crippen LogP contribution is -2.38. The smallest absolute Gasteiger partial charge is 0.296 e. The van der Waals surface area contributed by atoms with Crippen LogP contribution in [0.1, 0.15) is 36.8 Å². The van der Waals surface area contributed by atoms with Gasteiger partial charge in [0, 0.05) is 25.6 Å². The molecule has 2 saturated heterocycles. The van der Waals surface area contributed by atoms with E-state index in [0.29, 0.717) is 54.9 Å². The molecule has 2 aliphatic heterocycles. The molecule has 2 aromatic heterocycles. The number of nitrogens with one attached hydrogen (secondary N) is 1. The number of piperidine rings is 1. The molecule has 1 N–H and O–H groups in total. The molecule has 0 amide bonds. The second-order valence-electron chi connectivity index (χ2n) is 7.87. The molecular formula is C21H25F2N7O2. The molecule has 2 fully saturated rings. The largest absolute Gasteiger partial charge is 0.494 e. The molecule has 0 radical (unpaired) electrons. The van der Waals surface area contributed by atoms with E-state index in [1.807, 2.05) is 4.90 Å². The minimum Gasteiger partial charge on any atom is -0.494 e. The van der Waals surface area contributed by atoms with Gasteiger partial charge in [-0.2, -0.15) is 15.0 Å². The van der Waals surface area contributed by atoms with Crippen molar-refractivity contribution < 1.29 is 18.3 Å². The number of halogens is 2. The highest BCUT2D eigenvalue weighted by Gasteiger charge is 2.27. The van der Waals surface area contributed by atoms with Gasteiger partial charge in [0.1, 0.15) is 17.1 Å². The van der Waals surface area contributed by atoms with E-state index in [9.17, 15) is 8.78 Å². The Labute approximate surface area is 183 Å². The SMILES string of the molecule is COc1cccc2c1nc(C(F)F)n2-c1nc(C2CCCNC2)nc(N2CCOCC2)n1. The molecule has 1 unspecified atom stereocenters. The molecule has 0 spiro atoms. The summed E-state index contributed by atoms with van der Waals surface area (Å²) in [6.07, 6.45) is -0.874. The van der Waals surface area contributed by atoms with Crippen LogP contribution in [0.5, 0.6) is 5.75 Å². The maximum atomic E-state index is 14.1. The van der Waals surface area contributed by atoms with Crippen molar-refractivity contribution in [3.8, 4) is 11.7 Å². The molecule has 2 aliphatic rings. The number of ether oxygens (including phenoxy) is 2. The lowest BCUT2D eigenvalue weighted by atomic mass is 9.99. The zero-order chi connectivity index (χ0) is 22.1. The summed E-state index contributed by atoms with van der Waals surface area (Å²) >= 11 is 0. The standard InChI is InChI=1S/C21H25F2N7O2/c1-31-15-6-2-5-14-16(15)25-19(17(22)23)30(14)21-27-18(13-4-3-7-24-12-13)26-20(28-21)29-8-10-32-11-9-29/h2,5-6,13,17,24H,3-4,7-12H2,1H3. The topological polar surface area (TPSA) is 90.2 Å². The average molecular weight is 445 g/mol. The first kappa shape index (κ1) is 21.0. The fourth-order valence-electron chi connectivity index (χ4n) is 4.24. The van der Waals surface area contributed by atoms with Crippen molar-refractivity contribution in [2.24, 2.45) is 0 Å². The van der Waals surface area contributed by atoms with Crippen LogP contribution in [0, 0.1) is 0 Å². The van der Waals surface area contributed by atoms with Crippen molar-refractivity contribution in [3.05, 3.63) is 29.8 Å². The monoisotopic (exact) mass is 445 g/mol. The van der Waals surface area contributed by atoms with E-state index in [4.69, 9.17) is 14.5 Å². The fourth-order valence-corrected chi connectivity index (χ4v) is 4.24. The highest BCUT2D eigenvalue weighted by molar-refractivity contribution is 5.84. The number of methoxy groups -OCH3 is 1. The maximum absolute atomic E-state index is 14.1. The number of nitrogens with zero attached hydrogens (tertiary/aromatic N) is 6. The molecule has 4 heterocycles. The number of morpholine rings is 1. The summed E-state index contributed by atoms with van der Waals surface area (Å²) in [5.41, 5.74) is 0.811. The number of alkyl halides is 2. The van der Waals surface area contributed by atoms with E-state index >= 15 is 0 Å². The number of rotatable bonds is 5. The summed E-state index contributed by atoms with van der Waals surface area (Å²) in [5, 5.41) is 3.37. The summed E-state index contributed by atoms with van der Waals surface area (Å²) in [4.78, 5) is 20.2. The predicted molar refractivity (Wildman–Crippen MR) is 114 cm³/mol. The van der Waals surface area contributed by atoms with Crippen LogP contribution in [-0.2, 0) is 4.74 Å². The third kappa shape index (κ3) is 3.86. The van der Waals surface area contributed by atoms with Crippen LogP contribution in [0.15, 0.2) is 18.2 Å². The number of hydrogen-bond donors (Lipinski definition) is 1. The number of benzene rings is 1. The van der Waals surface area contributed by atoms with E-state index in [1.165, 1.54) is 11.7 Å². The van der Waals surface area contributed by atoms with Crippen LogP contribution < -0.4 is 15.0 Å². The Kier molecular flexibility index (Phi) is 5.83. The van der Waals surface area contributed by atoms with E-state index in [1.54, 1.807) is 18.2 Å². The van der Waals surface area contributed by atoms with E-state index < -0.39 is 12.2 Å². The van der Waals surface area contributed by atoms with Gasteiger partial charge in [0.25, 0.3) is 6.43 Å². The van der Waals surface area contributed by atoms with Gasteiger partial charge in [0.2, 0.25) is 11.9 Å². The molecule has 1 aromatic carbocycles. The van der Waals surface area contributed by atoms with Crippen LogP contribution in [0.2, 0.25) is 0 Å². The summed E-state index contributed by atoms with van der Waals surface area (Å²) < 4.78 is 40.3. The Hall–Kier alpha value is -2.92. The van der Waals surface area contributed by atoms with Gasteiger partial charge in [-0.3, -0.25) is 4.57 Å². The third-order valence-electron chi connectivity index (χ3n) is 5.87. The zero-order valence-corrected chi connectivity index (χ0v) is 17.8. The molecule has 0 bridgehead atoms. The van der Waals surface area contributed by atoms with Crippen molar-refractivity contribution in [3.63, 3.8) is 0 Å². The molecular weight excluding hydrogens is 420 g/mol. The number of aromatic nitrogens is 5. The van der Waals surface area contributed by atoms with Crippen LogP contribution in [0.3, 0.4) is 0 Å².